The SMILES string of the molecule is CCN(CC)CCC[C@@H](C)N(Cc1ccccc1)C(=O)Nc1ccc(Cl)cc1. The summed E-state index contributed by atoms with van der Waals surface area (Å²) in [5.74, 6) is 0. The molecule has 0 aromatic heterocycles. The first kappa shape index (κ1) is 22.3. The molecule has 0 bridgehead atoms. The van der Waals surface area contributed by atoms with Gasteiger partial charge in [-0.2, -0.15) is 0 Å². The number of nitrogens with zero attached hydrogens (tertiary/aromatic N) is 2. The van der Waals surface area contributed by atoms with Gasteiger partial charge in [-0.05, 0) is 69.2 Å². The Balaban J connectivity index is 2.04. The normalized spacial score (nSPS) is 12.0. The van der Waals surface area contributed by atoms with Gasteiger partial charge in [0.25, 0.3) is 0 Å². The van der Waals surface area contributed by atoms with Crippen molar-refractivity contribution in [2.45, 2.75) is 46.2 Å². The molecule has 0 radical (unpaired) electrons. The lowest BCUT2D eigenvalue weighted by atomic mass is 10.1. The summed E-state index contributed by atoms with van der Waals surface area (Å²) in [7, 11) is 0. The Bertz CT molecular complexity index is 702. The van der Waals surface area contributed by atoms with Gasteiger partial charge < -0.3 is 15.1 Å². The molecule has 2 amide bonds. The molecule has 0 aliphatic rings. The average molecular weight is 402 g/mol. The van der Waals surface area contributed by atoms with E-state index in [4.69, 9.17) is 11.6 Å². The zero-order valence-corrected chi connectivity index (χ0v) is 18.0. The summed E-state index contributed by atoms with van der Waals surface area (Å²) in [5, 5.41) is 3.67. The van der Waals surface area contributed by atoms with Crippen molar-refractivity contribution in [2.24, 2.45) is 0 Å². The maximum atomic E-state index is 13.0. The fraction of sp³-hybridized carbons (Fsp3) is 0.435. The molecule has 0 spiro atoms. The smallest absolute Gasteiger partial charge is 0.318 e. The molecule has 0 heterocycles. The predicted molar refractivity (Wildman–Crippen MR) is 119 cm³/mol. The molecular formula is C23H32ClN3O. The lowest BCUT2D eigenvalue weighted by Gasteiger charge is -2.30. The number of hydrogen-bond donors (Lipinski definition) is 1. The molecular weight excluding hydrogens is 370 g/mol. The molecule has 0 fully saturated rings. The highest BCUT2D eigenvalue weighted by Gasteiger charge is 2.20. The molecule has 1 atom stereocenters. The van der Waals surface area contributed by atoms with E-state index >= 15 is 0 Å². The van der Waals surface area contributed by atoms with Crippen LogP contribution in [0, 0.1) is 0 Å². The lowest BCUT2D eigenvalue weighted by molar-refractivity contribution is 0.181. The number of rotatable bonds is 10. The average Bonchev–Trinajstić information content (AvgIpc) is 2.71. The first-order valence-electron chi connectivity index (χ1n) is 10.1. The van der Waals surface area contributed by atoms with Crippen LogP contribution in [0.4, 0.5) is 10.5 Å². The number of halogens is 1. The molecule has 2 aromatic rings. The topological polar surface area (TPSA) is 35.6 Å². The Labute approximate surface area is 174 Å². The van der Waals surface area contributed by atoms with Gasteiger partial charge >= 0.3 is 6.03 Å². The highest BCUT2D eigenvalue weighted by Crippen LogP contribution is 2.17. The Kier molecular flexibility index (Phi) is 9.32. The van der Waals surface area contributed by atoms with Crippen molar-refractivity contribution in [3.05, 3.63) is 65.2 Å². The van der Waals surface area contributed by atoms with Gasteiger partial charge in [0.2, 0.25) is 0 Å². The van der Waals surface area contributed by atoms with Crippen LogP contribution < -0.4 is 5.32 Å². The van der Waals surface area contributed by atoms with E-state index in [0.717, 1.165) is 43.7 Å². The van der Waals surface area contributed by atoms with E-state index in [1.54, 1.807) is 12.1 Å². The van der Waals surface area contributed by atoms with Gasteiger partial charge in [-0.1, -0.05) is 55.8 Å². The fourth-order valence-electron chi connectivity index (χ4n) is 3.24. The Morgan fingerprint density at radius 3 is 2.29 bits per heavy atom. The molecule has 5 heteroatoms. The van der Waals surface area contributed by atoms with Crippen LogP contribution in [-0.2, 0) is 6.54 Å². The van der Waals surface area contributed by atoms with E-state index in [1.165, 1.54) is 0 Å². The van der Waals surface area contributed by atoms with Gasteiger partial charge in [0.1, 0.15) is 0 Å². The molecule has 4 nitrogen and oxygen atoms in total. The molecule has 28 heavy (non-hydrogen) atoms. The Morgan fingerprint density at radius 1 is 1.04 bits per heavy atom. The zero-order chi connectivity index (χ0) is 20.4. The summed E-state index contributed by atoms with van der Waals surface area (Å²) in [6.45, 7) is 10.3. The summed E-state index contributed by atoms with van der Waals surface area (Å²) >= 11 is 5.95. The van der Waals surface area contributed by atoms with Crippen molar-refractivity contribution in [3.63, 3.8) is 0 Å². The van der Waals surface area contributed by atoms with Gasteiger partial charge in [0.15, 0.2) is 0 Å². The molecule has 152 valence electrons. The largest absolute Gasteiger partial charge is 0.322 e. The second-order valence-electron chi connectivity index (χ2n) is 7.07. The Morgan fingerprint density at radius 2 is 1.68 bits per heavy atom. The number of urea groups is 1. The maximum absolute atomic E-state index is 13.0. The quantitative estimate of drug-likeness (QED) is 0.539. The van der Waals surface area contributed by atoms with Crippen molar-refractivity contribution in [1.29, 1.82) is 0 Å². The van der Waals surface area contributed by atoms with Crippen LogP contribution >= 0.6 is 11.6 Å². The van der Waals surface area contributed by atoms with Gasteiger partial charge in [0.05, 0.1) is 0 Å². The van der Waals surface area contributed by atoms with Crippen molar-refractivity contribution in [1.82, 2.24) is 9.80 Å². The number of hydrogen-bond acceptors (Lipinski definition) is 2. The lowest BCUT2D eigenvalue weighted by Crippen LogP contribution is -2.41. The van der Waals surface area contributed by atoms with E-state index in [9.17, 15) is 4.79 Å². The van der Waals surface area contributed by atoms with Crippen LogP contribution in [0.5, 0.6) is 0 Å². The summed E-state index contributed by atoms with van der Waals surface area (Å²) in [4.78, 5) is 17.4. The van der Waals surface area contributed by atoms with Crippen LogP contribution in [0.25, 0.3) is 0 Å². The number of benzene rings is 2. The predicted octanol–water partition coefficient (Wildman–Crippen LogP) is 5.88. The summed E-state index contributed by atoms with van der Waals surface area (Å²) < 4.78 is 0. The highest BCUT2D eigenvalue weighted by molar-refractivity contribution is 6.30. The van der Waals surface area contributed by atoms with Crippen molar-refractivity contribution in [2.75, 3.05) is 25.0 Å². The maximum Gasteiger partial charge on any atom is 0.322 e. The van der Waals surface area contributed by atoms with Gasteiger partial charge in [0, 0.05) is 23.3 Å². The van der Waals surface area contributed by atoms with Crippen LogP contribution in [0.15, 0.2) is 54.6 Å². The summed E-state index contributed by atoms with van der Waals surface area (Å²) in [5.41, 5.74) is 1.88. The molecule has 0 saturated carbocycles. The summed E-state index contributed by atoms with van der Waals surface area (Å²) in [6.07, 6.45) is 2.04. The zero-order valence-electron chi connectivity index (χ0n) is 17.2. The van der Waals surface area contributed by atoms with Crippen LogP contribution in [-0.4, -0.2) is 41.5 Å². The van der Waals surface area contributed by atoms with E-state index in [-0.39, 0.29) is 12.1 Å². The molecule has 0 aliphatic carbocycles. The first-order valence-corrected chi connectivity index (χ1v) is 10.5. The standard InChI is InChI=1S/C23H32ClN3O/c1-4-26(5-2)17-9-10-19(3)27(18-20-11-7-6-8-12-20)23(28)25-22-15-13-21(24)14-16-22/h6-8,11-16,19H,4-5,9-10,17-18H2,1-3H3,(H,25,28)/t19-/m1/s1. The third-order valence-corrected chi connectivity index (χ3v) is 5.33. The van der Waals surface area contributed by atoms with Crippen LogP contribution in [0.2, 0.25) is 5.02 Å². The van der Waals surface area contributed by atoms with E-state index in [1.807, 2.05) is 35.2 Å². The van der Waals surface area contributed by atoms with Gasteiger partial charge in [-0.3, -0.25) is 0 Å². The van der Waals surface area contributed by atoms with E-state index in [2.05, 4.69) is 43.1 Å². The molecule has 1 N–H and O–H groups in total. The number of nitrogens with one attached hydrogen (secondary N) is 1. The summed E-state index contributed by atoms with van der Waals surface area (Å²) in [6, 6.07) is 17.4. The molecule has 2 aromatic carbocycles. The van der Waals surface area contributed by atoms with Crippen molar-refractivity contribution < 1.29 is 4.79 Å². The molecule has 0 aliphatic heterocycles. The number of anilines is 1. The second kappa shape index (κ2) is 11.7. The third-order valence-electron chi connectivity index (χ3n) is 5.07. The van der Waals surface area contributed by atoms with E-state index in [0.29, 0.717) is 11.6 Å². The van der Waals surface area contributed by atoms with Crippen LogP contribution in [0.1, 0.15) is 39.2 Å². The second-order valence-corrected chi connectivity index (χ2v) is 7.51. The van der Waals surface area contributed by atoms with Crippen LogP contribution in [0.3, 0.4) is 0 Å². The monoisotopic (exact) mass is 401 g/mol. The highest BCUT2D eigenvalue weighted by atomic mass is 35.5. The van der Waals surface area contributed by atoms with Gasteiger partial charge in [-0.25, -0.2) is 4.79 Å². The Hall–Kier alpha value is -2.04. The molecule has 2 rings (SSSR count). The minimum absolute atomic E-state index is 0.0819. The minimum Gasteiger partial charge on any atom is -0.318 e. The third kappa shape index (κ3) is 7.17. The van der Waals surface area contributed by atoms with Crippen molar-refractivity contribution in [3.8, 4) is 0 Å². The molecule has 0 unspecified atom stereocenters. The van der Waals surface area contributed by atoms with Gasteiger partial charge in [-0.15, -0.1) is 0 Å². The molecule has 0 saturated heterocycles. The number of carbonyl (C=O) groups is 1. The van der Waals surface area contributed by atoms with Crippen molar-refractivity contribution >= 4 is 23.3 Å². The number of amides is 2. The fourth-order valence-corrected chi connectivity index (χ4v) is 3.37. The van der Waals surface area contributed by atoms with E-state index < -0.39 is 0 Å². The minimum atomic E-state index is -0.0819. The number of carbonyl (C=O) groups excluding carboxylic acids is 1. The first-order chi connectivity index (χ1) is 13.5.